The second kappa shape index (κ2) is 10.2. The number of phenolic OH excluding ortho intramolecular Hbond substituents is 1. The van der Waals surface area contributed by atoms with E-state index in [1.54, 1.807) is 19.1 Å². The monoisotopic (exact) mass is 473 g/mol. The molecule has 30 heavy (non-hydrogen) atoms. The number of hydrogen-bond donors (Lipinski definition) is 3. The van der Waals surface area contributed by atoms with Crippen LogP contribution < -0.4 is 15.5 Å². The van der Waals surface area contributed by atoms with Crippen LogP contribution in [0.5, 0.6) is 11.5 Å². The van der Waals surface area contributed by atoms with Crippen molar-refractivity contribution in [2.24, 2.45) is 5.10 Å². The summed E-state index contributed by atoms with van der Waals surface area (Å²) in [5.74, 6) is -0.190. The number of nitrogens with one attached hydrogen (secondary N) is 2. The number of aromatic hydroxyl groups is 1. The number of hydrazone groups is 1. The summed E-state index contributed by atoms with van der Waals surface area (Å²) < 4.78 is 6.34. The highest BCUT2D eigenvalue weighted by molar-refractivity contribution is 9.10. The van der Waals surface area contributed by atoms with Crippen molar-refractivity contribution in [1.82, 2.24) is 10.7 Å². The summed E-state index contributed by atoms with van der Waals surface area (Å²) in [7, 11) is 0. The number of phenols is 1. The van der Waals surface area contributed by atoms with Crippen LogP contribution in [0.15, 0.2) is 46.0 Å². The van der Waals surface area contributed by atoms with E-state index in [-0.39, 0.29) is 12.4 Å². The highest BCUT2D eigenvalue weighted by Gasteiger charge is 2.16. The lowest BCUT2D eigenvalue weighted by Crippen LogP contribution is -2.45. The van der Waals surface area contributed by atoms with Gasteiger partial charge >= 0.3 is 0 Å². The van der Waals surface area contributed by atoms with Crippen molar-refractivity contribution in [3.05, 3.63) is 57.6 Å². The Kier molecular flexibility index (Phi) is 7.46. The number of carbonyl (C=O) groups is 2. The maximum atomic E-state index is 12.1. The van der Waals surface area contributed by atoms with Gasteiger partial charge in [0.2, 0.25) is 0 Å². The standard InChI is InChI=1S/C22H24BrN3O4/c1-14(22(29)26-24-12-17-10-18(23)7-9-20(17)27)25-21(28)13-30-19-8-6-15-4-2-3-5-16(15)11-19/h6-12,14,27H,2-5,13H2,1H3,(H,25,28)(H,26,29)/b24-12+. The average Bonchev–Trinajstić information content (AvgIpc) is 2.74. The molecule has 0 fully saturated rings. The van der Waals surface area contributed by atoms with Gasteiger partial charge in [-0.05, 0) is 74.1 Å². The Bertz CT molecular complexity index is 961. The van der Waals surface area contributed by atoms with Crippen molar-refractivity contribution in [2.75, 3.05) is 6.61 Å². The fourth-order valence-corrected chi connectivity index (χ4v) is 3.57. The molecule has 8 heteroatoms. The van der Waals surface area contributed by atoms with Gasteiger partial charge in [0.1, 0.15) is 17.5 Å². The number of fused-ring (bicyclic) bond motifs is 1. The van der Waals surface area contributed by atoms with E-state index in [1.165, 1.54) is 36.2 Å². The molecular formula is C22H24BrN3O4. The van der Waals surface area contributed by atoms with Gasteiger partial charge in [-0.15, -0.1) is 0 Å². The normalized spacial score (nSPS) is 14.1. The van der Waals surface area contributed by atoms with Crippen LogP contribution >= 0.6 is 15.9 Å². The molecule has 2 amide bonds. The molecule has 0 bridgehead atoms. The molecule has 2 aromatic rings. The van der Waals surface area contributed by atoms with E-state index in [9.17, 15) is 14.7 Å². The quantitative estimate of drug-likeness (QED) is 0.424. The molecule has 2 aromatic carbocycles. The molecule has 3 N–H and O–H groups in total. The first-order valence-corrected chi connectivity index (χ1v) is 10.6. The second-order valence-corrected chi connectivity index (χ2v) is 8.07. The van der Waals surface area contributed by atoms with Gasteiger partial charge in [0.25, 0.3) is 11.8 Å². The van der Waals surface area contributed by atoms with Gasteiger partial charge in [-0.3, -0.25) is 9.59 Å². The van der Waals surface area contributed by atoms with E-state index in [0.717, 1.165) is 17.3 Å². The molecule has 1 atom stereocenters. The molecule has 7 nitrogen and oxygen atoms in total. The number of halogens is 1. The van der Waals surface area contributed by atoms with Crippen LogP contribution in [0.2, 0.25) is 0 Å². The molecule has 0 saturated heterocycles. The topological polar surface area (TPSA) is 100 Å². The van der Waals surface area contributed by atoms with Crippen LogP contribution in [0.4, 0.5) is 0 Å². The Morgan fingerprint density at radius 1 is 1.20 bits per heavy atom. The lowest BCUT2D eigenvalue weighted by atomic mass is 9.92. The molecule has 0 aromatic heterocycles. The molecule has 1 aliphatic rings. The number of rotatable bonds is 7. The molecule has 3 rings (SSSR count). The smallest absolute Gasteiger partial charge is 0.262 e. The third kappa shape index (κ3) is 6.06. The van der Waals surface area contributed by atoms with Gasteiger partial charge < -0.3 is 15.2 Å². The fraction of sp³-hybridized carbons (Fsp3) is 0.318. The van der Waals surface area contributed by atoms with Crippen LogP contribution in [0, 0.1) is 0 Å². The Labute approximate surface area is 183 Å². The van der Waals surface area contributed by atoms with Crippen molar-refractivity contribution < 1.29 is 19.4 Å². The fourth-order valence-electron chi connectivity index (χ4n) is 3.19. The first kappa shape index (κ1) is 21.8. The number of benzene rings is 2. The minimum Gasteiger partial charge on any atom is -0.507 e. The molecule has 0 aliphatic heterocycles. The molecule has 0 heterocycles. The Morgan fingerprint density at radius 2 is 1.97 bits per heavy atom. The van der Waals surface area contributed by atoms with Gasteiger partial charge in [-0.1, -0.05) is 22.0 Å². The molecule has 1 aliphatic carbocycles. The summed E-state index contributed by atoms with van der Waals surface area (Å²) in [5, 5.41) is 16.1. The molecule has 1 unspecified atom stereocenters. The van der Waals surface area contributed by atoms with Gasteiger partial charge in [-0.2, -0.15) is 5.10 Å². The highest BCUT2D eigenvalue weighted by Crippen LogP contribution is 2.25. The SMILES string of the molecule is CC(NC(=O)COc1ccc2c(c1)CCCC2)C(=O)N/N=C/c1cc(Br)ccc1O. The predicted octanol–water partition coefficient (Wildman–Crippen LogP) is 3.07. The van der Waals surface area contributed by atoms with Crippen LogP contribution in [0.25, 0.3) is 0 Å². The van der Waals surface area contributed by atoms with Crippen LogP contribution in [-0.4, -0.2) is 35.8 Å². The van der Waals surface area contributed by atoms with E-state index in [2.05, 4.69) is 37.8 Å². The average molecular weight is 474 g/mol. The minimum absolute atomic E-state index is 0.0388. The maximum Gasteiger partial charge on any atom is 0.262 e. The summed E-state index contributed by atoms with van der Waals surface area (Å²) in [5.41, 5.74) is 5.41. The minimum atomic E-state index is -0.794. The van der Waals surface area contributed by atoms with Gasteiger partial charge in [-0.25, -0.2) is 5.43 Å². The van der Waals surface area contributed by atoms with E-state index in [0.29, 0.717) is 11.3 Å². The lowest BCUT2D eigenvalue weighted by Gasteiger charge is -2.17. The predicted molar refractivity (Wildman–Crippen MR) is 118 cm³/mol. The zero-order chi connectivity index (χ0) is 21.5. The number of aryl methyl sites for hydroxylation is 2. The number of carbonyl (C=O) groups excluding carboxylic acids is 2. The van der Waals surface area contributed by atoms with Gasteiger partial charge in [0, 0.05) is 10.0 Å². The second-order valence-electron chi connectivity index (χ2n) is 7.15. The number of ether oxygens (including phenoxy) is 1. The number of hydrogen-bond acceptors (Lipinski definition) is 5. The van der Waals surface area contributed by atoms with Crippen molar-refractivity contribution >= 4 is 34.0 Å². The van der Waals surface area contributed by atoms with E-state index in [1.807, 2.05) is 12.1 Å². The van der Waals surface area contributed by atoms with Gasteiger partial charge in [0.15, 0.2) is 6.61 Å². The largest absolute Gasteiger partial charge is 0.507 e. The number of nitrogens with zero attached hydrogens (tertiary/aromatic N) is 1. The molecule has 158 valence electrons. The molecule has 0 saturated carbocycles. The van der Waals surface area contributed by atoms with Crippen LogP contribution in [0.3, 0.4) is 0 Å². The number of amides is 2. The summed E-state index contributed by atoms with van der Waals surface area (Å²) in [4.78, 5) is 24.2. The Morgan fingerprint density at radius 3 is 2.77 bits per heavy atom. The van der Waals surface area contributed by atoms with Crippen molar-refractivity contribution in [3.63, 3.8) is 0 Å². The summed E-state index contributed by atoms with van der Waals surface area (Å²) >= 11 is 3.30. The summed E-state index contributed by atoms with van der Waals surface area (Å²) in [6, 6.07) is 9.99. The third-order valence-electron chi connectivity index (χ3n) is 4.83. The van der Waals surface area contributed by atoms with E-state index in [4.69, 9.17) is 4.74 Å². The molecule has 0 radical (unpaired) electrons. The first-order chi connectivity index (χ1) is 14.4. The highest BCUT2D eigenvalue weighted by atomic mass is 79.9. The van der Waals surface area contributed by atoms with E-state index >= 15 is 0 Å². The van der Waals surface area contributed by atoms with E-state index < -0.39 is 17.9 Å². The maximum absolute atomic E-state index is 12.1. The lowest BCUT2D eigenvalue weighted by molar-refractivity contribution is -0.129. The first-order valence-electron chi connectivity index (χ1n) is 9.78. The zero-order valence-electron chi connectivity index (χ0n) is 16.7. The molecular weight excluding hydrogens is 450 g/mol. The van der Waals surface area contributed by atoms with Crippen molar-refractivity contribution in [1.29, 1.82) is 0 Å². The van der Waals surface area contributed by atoms with Crippen molar-refractivity contribution in [2.45, 2.75) is 38.6 Å². The molecule has 0 spiro atoms. The van der Waals surface area contributed by atoms with Crippen LogP contribution in [0.1, 0.15) is 36.5 Å². The van der Waals surface area contributed by atoms with Crippen molar-refractivity contribution in [3.8, 4) is 11.5 Å². The Balaban J connectivity index is 1.45. The summed E-state index contributed by atoms with van der Waals surface area (Å²) in [6.45, 7) is 1.38. The third-order valence-corrected chi connectivity index (χ3v) is 5.32. The zero-order valence-corrected chi connectivity index (χ0v) is 18.2. The summed E-state index contributed by atoms with van der Waals surface area (Å²) in [6.07, 6.45) is 5.84. The van der Waals surface area contributed by atoms with Crippen LogP contribution in [-0.2, 0) is 22.4 Å². The Hall–Kier alpha value is -2.87. The van der Waals surface area contributed by atoms with Gasteiger partial charge in [0.05, 0.1) is 6.21 Å².